The fourth-order valence-corrected chi connectivity index (χ4v) is 1.65. The predicted molar refractivity (Wildman–Crippen MR) is 72.6 cm³/mol. The molecule has 1 rings (SSSR count). The molecule has 0 heterocycles. The first-order valence-electron chi connectivity index (χ1n) is 5.48. The number of aliphatic hydroxyl groups excluding tert-OH is 2. The molecule has 1 aromatic rings. The molecule has 7 nitrogen and oxygen atoms in total. The van der Waals surface area contributed by atoms with Gasteiger partial charge in [0.15, 0.2) is 4.84 Å². The summed E-state index contributed by atoms with van der Waals surface area (Å²) in [5, 5.41) is 32.1. The van der Waals surface area contributed by atoms with Gasteiger partial charge in [-0.05, 0) is 5.56 Å². The van der Waals surface area contributed by atoms with E-state index in [0.717, 1.165) is 6.07 Å². The number of nitro groups is 1. The number of halogens is 2. The SMILES string of the molecule is O=C(N[C@@H](CO)[C@H](O)c1cccc([N+](=O)[O-])c1)C(Cl)Cl. The van der Waals surface area contributed by atoms with Crippen molar-refractivity contribution in [2.75, 3.05) is 6.61 Å². The molecule has 0 fully saturated rings. The van der Waals surface area contributed by atoms with Crippen molar-refractivity contribution in [3.63, 3.8) is 0 Å². The van der Waals surface area contributed by atoms with Gasteiger partial charge in [-0.1, -0.05) is 35.3 Å². The molecule has 0 saturated carbocycles. The van der Waals surface area contributed by atoms with Crippen LogP contribution in [0.4, 0.5) is 5.69 Å². The Morgan fingerprint density at radius 2 is 2.10 bits per heavy atom. The lowest BCUT2D eigenvalue weighted by atomic mass is 10.0. The van der Waals surface area contributed by atoms with E-state index in [1.807, 2.05) is 0 Å². The molecule has 0 bridgehead atoms. The summed E-state index contributed by atoms with van der Waals surface area (Å²) in [6, 6.07) is 4.16. The Kier molecular flexibility index (Phi) is 6.15. The zero-order valence-electron chi connectivity index (χ0n) is 10.1. The molecular formula is C11H12Cl2N2O5. The van der Waals surface area contributed by atoms with E-state index in [9.17, 15) is 25.1 Å². The zero-order valence-corrected chi connectivity index (χ0v) is 11.6. The van der Waals surface area contributed by atoms with Crippen LogP contribution in [0.5, 0.6) is 0 Å². The van der Waals surface area contributed by atoms with Crippen LogP contribution in [0.15, 0.2) is 24.3 Å². The van der Waals surface area contributed by atoms with Crippen LogP contribution < -0.4 is 5.32 Å². The molecule has 0 spiro atoms. The summed E-state index contributed by atoms with van der Waals surface area (Å²) >= 11 is 10.7. The van der Waals surface area contributed by atoms with Gasteiger partial charge in [-0.3, -0.25) is 14.9 Å². The standard InChI is InChI=1S/C11H12Cl2N2O5/c12-10(13)11(18)14-8(5-16)9(17)6-2-1-3-7(4-6)15(19)20/h1-4,8-10,16-17H,5H2,(H,14,18)/t8-,9+/m0/s1. The highest BCUT2D eigenvalue weighted by atomic mass is 35.5. The van der Waals surface area contributed by atoms with Gasteiger partial charge >= 0.3 is 0 Å². The molecule has 0 aliphatic rings. The van der Waals surface area contributed by atoms with Crippen LogP contribution in [-0.2, 0) is 4.79 Å². The summed E-state index contributed by atoms with van der Waals surface area (Å²) in [5.41, 5.74) is -0.0311. The first-order valence-corrected chi connectivity index (χ1v) is 6.36. The Bertz CT molecular complexity index is 497. The lowest BCUT2D eigenvalue weighted by Gasteiger charge is -2.22. The van der Waals surface area contributed by atoms with E-state index in [1.165, 1.54) is 18.2 Å². The van der Waals surface area contributed by atoms with Crippen molar-refractivity contribution in [3.05, 3.63) is 39.9 Å². The van der Waals surface area contributed by atoms with E-state index in [-0.39, 0.29) is 11.3 Å². The van der Waals surface area contributed by atoms with Gasteiger partial charge in [0.25, 0.3) is 11.6 Å². The molecule has 1 amide bonds. The molecule has 20 heavy (non-hydrogen) atoms. The van der Waals surface area contributed by atoms with Gasteiger partial charge in [0.1, 0.15) is 6.10 Å². The number of benzene rings is 1. The number of alkyl halides is 2. The highest BCUT2D eigenvalue weighted by molar-refractivity contribution is 6.53. The molecule has 0 saturated heterocycles. The number of nitro benzene ring substituents is 1. The van der Waals surface area contributed by atoms with E-state index >= 15 is 0 Å². The average molecular weight is 323 g/mol. The molecule has 3 N–H and O–H groups in total. The molecule has 0 aliphatic carbocycles. The third-order valence-corrected chi connectivity index (χ3v) is 2.92. The van der Waals surface area contributed by atoms with Crippen molar-refractivity contribution in [1.29, 1.82) is 0 Å². The van der Waals surface area contributed by atoms with Crippen molar-refractivity contribution in [3.8, 4) is 0 Å². The molecule has 0 aromatic heterocycles. The first-order chi connectivity index (χ1) is 9.36. The maximum Gasteiger partial charge on any atom is 0.269 e. The van der Waals surface area contributed by atoms with Crippen molar-refractivity contribution >= 4 is 34.8 Å². The highest BCUT2D eigenvalue weighted by Gasteiger charge is 2.25. The largest absolute Gasteiger partial charge is 0.394 e. The van der Waals surface area contributed by atoms with E-state index < -0.39 is 34.4 Å². The highest BCUT2D eigenvalue weighted by Crippen LogP contribution is 2.22. The third-order valence-electron chi connectivity index (χ3n) is 2.53. The van der Waals surface area contributed by atoms with Crippen molar-refractivity contribution in [2.45, 2.75) is 17.0 Å². The number of aliphatic hydroxyl groups is 2. The Hall–Kier alpha value is -1.41. The van der Waals surface area contributed by atoms with Crippen LogP contribution >= 0.6 is 23.2 Å². The number of carbonyl (C=O) groups is 1. The van der Waals surface area contributed by atoms with Crippen LogP contribution in [0.25, 0.3) is 0 Å². The first kappa shape index (κ1) is 16.6. The van der Waals surface area contributed by atoms with Crippen LogP contribution in [0.1, 0.15) is 11.7 Å². The van der Waals surface area contributed by atoms with Crippen molar-refractivity contribution in [2.24, 2.45) is 0 Å². The van der Waals surface area contributed by atoms with E-state index in [0.29, 0.717) is 0 Å². The number of nitrogens with one attached hydrogen (secondary N) is 1. The fourth-order valence-electron chi connectivity index (χ4n) is 1.52. The second-order valence-electron chi connectivity index (χ2n) is 3.90. The van der Waals surface area contributed by atoms with Gasteiger partial charge in [-0.15, -0.1) is 0 Å². The molecule has 0 aliphatic heterocycles. The lowest BCUT2D eigenvalue weighted by Crippen LogP contribution is -2.44. The number of non-ortho nitro benzene ring substituents is 1. The molecule has 110 valence electrons. The van der Waals surface area contributed by atoms with Gasteiger partial charge in [0.2, 0.25) is 0 Å². The Morgan fingerprint density at radius 3 is 2.60 bits per heavy atom. The number of rotatable bonds is 6. The van der Waals surface area contributed by atoms with Gasteiger partial charge in [0.05, 0.1) is 17.6 Å². The van der Waals surface area contributed by atoms with E-state index in [2.05, 4.69) is 5.32 Å². The zero-order chi connectivity index (χ0) is 15.3. The smallest absolute Gasteiger partial charge is 0.269 e. The maximum atomic E-state index is 11.3. The minimum atomic E-state index is -1.35. The predicted octanol–water partition coefficient (Wildman–Crippen LogP) is 0.909. The molecule has 0 unspecified atom stereocenters. The third kappa shape index (κ3) is 4.31. The van der Waals surface area contributed by atoms with Crippen LogP contribution in [0.3, 0.4) is 0 Å². The van der Waals surface area contributed by atoms with Crippen LogP contribution in [0.2, 0.25) is 0 Å². The summed E-state index contributed by atoms with van der Waals surface area (Å²) in [7, 11) is 0. The topological polar surface area (TPSA) is 113 Å². The summed E-state index contributed by atoms with van der Waals surface area (Å²) in [4.78, 5) is 20.0. The van der Waals surface area contributed by atoms with Crippen LogP contribution in [0, 0.1) is 10.1 Å². The normalized spacial score (nSPS) is 13.8. The molecular weight excluding hydrogens is 311 g/mol. The Labute approximate surface area is 124 Å². The maximum absolute atomic E-state index is 11.3. The number of amides is 1. The quantitative estimate of drug-likeness (QED) is 0.409. The van der Waals surface area contributed by atoms with Gasteiger partial charge in [-0.2, -0.15) is 0 Å². The minimum absolute atomic E-state index is 0.180. The number of carbonyl (C=O) groups excluding carboxylic acids is 1. The molecule has 2 atom stereocenters. The summed E-state index contributed by atoms with van der Waals surface area (Å²) in [5.74, 6) is -0.781. The van der Waals surface area contributed by atoms with Gasteiger partial charge in [0, 0.05) is 12.1 Å². The molecule has 0 radical (unpaired) electrons. The van der Waals surface area contributed by atoms with E-state index in [1.54, 1.807) is 0 Å². The Morgan fingerprint density at radius 1 is 1.45 bits per heavy atom. The number of hydrogen-bond acceptors (Lipinski definition) is 5. The fraction of sp³-hybridized carbons (Fsp3) is 0.364. The Balaban J connectivity index is 2.90. The van der Waals surface area contributed by atoms with Crippen LogP contribution in [-0.4, -0.2) is 38.5 Å². The molecule has 9 heteroatoms. The average Bonchev–Trinajstić information content (AvgIpc) is 2.43. The second kappa shape index (κ2) is 7.39. The van der Waals surface area contributed by atoms with Crippen molar-refractivity contribution < 1.29 is 19.9 Å². The molecule has 1 aromatic carbocycles. The minimum Gasteiger partial charge on any atom is -0.394 e. The summed E-state index contributed by atoms with van der Waals surface area (Å²) in [6.07, 6.45) is -1.34. The van der Waals surface area contributed by atoms with Gasteiger partial charge in [-0.25, -0.2) is 0 Å². The van der Waals surface area contributed by atoms with Crippen molar-refractivity contribution in [1.82, 2.24) is 5.32 Å². The summed E-state index contributed by atoms with van der Waals surface area (Å²) in [6.45, 7) is -0.587. The summed E-state index contributed by atoms with van der Waals surface area (Å²) < 4.78 is 0. The monoisotopic (exact) mass is 322 g/mol. The number of hydrogen-bond donors (Lipinski definition) is 3. The lowest BCUT2D eigenvalue weighted by molar-refractivity contribution is -0.385. The van der Waals surface area contributed by atoms with E-state index in [4.69, 9.17) is 23.2 Å². The number of nitrogens with zero attached hydrogens (tertiary/aromatic N) is 1. The second-order valence-corrected chi connectivity index (χ2v) is 4.99. The van der Waals surface area contributed by atoms with Gasteiger partial charge < -0.3 is 15.5 Å².